The molecule has 0 spiro atoms. The highest BCUT2D eigenvalue weighted by Crippen LogP contribution is 2.19. The smallest absolute Gasteiger partial charge is 0.241 e. The normalized spacial score (nSPS) is 17.9. The van der Waals surface area contributed by atoms with E-state index in [1.807, 2.05) is 13.2 Å². The largest absolute Gasteiger partial charge is 0.376 e. The van der Waals surface area contributed by atoms with Gasteiger partial charge in [-0.1, -0.05) is 25.7 Å². The van der Waals surface area contributed by atoms with Crippen molar-refractivity contribution in [2.75, 3.05) is 20.2 Å². The number of likely N-dealkylation sites (N-methyl/N-ethyl adjacent to an activating group) is 1. The Labute approximate surface area is 132 Å². The minimum Gasteiger partial charge on any atom is -0.376 e. The summed E-state index contributed by atoms with van der Waals surface area (Å²) in [5, 5.41) is 10.1. The van der Waals surface area contributed by atoms with Gasteiger partial charge in [0.25, 0.3) is 0 Å². The second-order valence-electron chi connectivity index (χ2n) is 5.94. The molecule has 124 valence electrons. The number of rotatable bonds is 7. The fraction of sp³-hybridized carbons (Fsp3) is 0.750. The third-order valence-corrected chi connectivity index (χ3v) is 4.17. The molecule has 2 rings (SSSR count). The van der Waals surface area contributed by atoms with Crippen molar-refractivity contribution in [2.24, 2.45) is 7.05 Å². The summed E-state index contributed by atoms with van der Waals surface area (Å²) in [5.41, 5.74) is 0.868. The first-order valence-electron chi connectivity index (χ1n) is 8.26. The van der Waals surface area contributed by atoms with Crippen LogP contribution >= 0.6 is 0 Å². The Morgan fingerprint density at radius 3 is 2.73 bits per heavy atom. The van der Waals surface area contributed by atoms with Crippen molar-refractivity contribution in [2.45, 2.75) is 50.7 Å². The average molecular weight is 308 g/mol. The molecule has 1 fully saturated rings. The molecule has 1 aliphatic rings. The molecule has 2 N–H and O–H groups in total. The van der Waals surface area contributed by atoms with Gasteiger partial charge in [-0.2, -0.15) is 5.10 Å². The van der Waals surface area contributed by atoms with Crippen LogP contribution in [0.1, 0.15) is 50.1 Å². The molecule has 1 unspecified atom stereocenters. The molecule has 1 atom stereocenters. The number of amides is 1. The maximum atomic E-state index is 12.2. The van der Waals surface area contributed by atoms with Crippen LogP contribution in [0.5, 0.6) is 0 Å². The Bertz CT molecular complexity index is 453. The van der Waals surface area contributed by atoms with E-state index in [1.165, 1.54) is 25.7 Å². The molecule has 1 aromatic heterocycles. The van der Waals surface area contributed by atoms with Gasteiger partial charge in [-0.25, -0.2) is 0 Å². The number of carbonyl (C=O) groups excluding carboxylic acids is 1. The zero-order valence-electron chi connectivity index (χ0n) is 13.7. The number of hydrogen-bond donors (Lipinski definition) is 2. The molecule has 1 aromatic rings. The number of ether oxygens (including phenoxy) is 1. The zero-order chi connectivity index (χ0) is 15.8. The molecular formula is C16H28N4O2. The van der Waals surface area contributed by atoms with Crippen LogP contribution in [0.15, 0.2) is 12.4 Å². The molecule has 0 aliphatic heterocycles. The van der Waals surface area contributed by atoms with Crippen LogP contribution in [0, 0.1) is 0 Å². The van der Waals surface area contributed by atoms with E-state index >= 15 is 0 Å². The second kappa shape index (κ2) is 8.90. The monoisotopic (exact) mass is 308 g/mol. The predicted molar refractivity (Wildman–Crippen MR) is 85.5 cm³/mol. The first kappa shape index (κ1) is 17.0. The summed E-state index contributed by atoms with van der Waals surface area (Å²) < 4.78 is 7.58. The molecule has 1 aliphatic carbocycles. The molecule has 6 nitrogen and oxygen atoms in total. The van der Waals surface area contributed by atoms with Crippen molar-refractivity contribution in [3.05, 3.63) is 18.0 Å². The first-order valence-corrected chi connectivity index (χ1v) is 8.26. The van der Waals surface area contributed by atoms with Crippen LogP contribution in [0.3, 0.4) is 0 Å². The topological polar surface area (TPSA) is 68.2 Å². The lowest BCUT2D eigenvalue weighted by Gasteiger charge is -2.17. The molecule has 1 saturated carbocycles. The van der Waals surface area contributed by atoms with Gasteiger partial charge >= 0.3 is 0 Å². The number of aryl methyl sites for hydroxylation is 1. The summed E-state index contributed by atoms with van der Waals surface area (Å²) in [5.74, 6) is -0.0417. The fourth-order valence-electron chi connectivity index (χ4n) is 2.95. The van der Waals surface area contributed by atoms with Gasteiger partial charge in [0, 0.05) is 25.4 Å². The standard InChI is InChI=1S/C16H28N4O2/c1-17-15(13-11-19-20(2)12-13)16(21)18-9-10-22-14-7-5-3-4-6-8-14/h11-12,14-15,17H,3-10H2,1-2H3,(H,18,21). The second-order valence-corrected chi connectivity index (χ2v) is 5.94. The fourth-order valence-corrected chi connectivity index (χ4v) is 2.95. The third-order valence-electron chi connectivity index (χ3n) is 4.17. The van der Waals surface area contributed by atoms with Crippen LogP contribution in [-0.2, 0) is 16.6 Å². The van der Waals surface area contributed by atoms with Crippen molar-refractivity contribution in [1.82, 2.24) is 20.4 Å². The number of carbonyl (C=O) groups is 1. The van der Waals surface area contributed by atoms with Gasteiger partial charge in [0.15, 0.2) is 0 Å². The third kappa shape index (κ3) is 5.10. The quantitative estimate of drug-likeness (QED) is 0.592. The van der Waals surface area contributed by atoms with Crippen molar-refractivity contribution in [3.8, 4) is 0 Å². The van der Waals surface area contributed by atoms with E-state index in [2.05, 4.69) is 15.7 Å². The average Bonchev–Trinajstić information content (AvgIpc) is 2.77. The van der Waals surface area contributed by atoms with Crippen molar-refractivity contribution in [3.63, 3.8) is 0 Å². The lowest BCUT2D eigenvalue weighted by Crippen LogP contribution is -2.37. The number of nitrogens with zero attached hydrogens (tertiary/aromatic N) is 2. The van der Waals surface area contributed by atoms with E-state index in [0.717, 1.165) is 18.4 Å². The molecule has 22 heavy (non-hydrogen) atoms. The van der Waals surface area contributed by atoms with Crippen molar-refractivity contribution < 1.29 is 9.53 Å². The molecule has 0 bridgehead atoms. The summed E-state index contributed by atoms with van der Waals surface area (Å²) in [6.07, 6.45) is 11.4. The highest BCUT2D eigenvalue weighted by atomic mass is 16.5. The maximum absolute atomic E-state index is 12.2. The van der Waals surface area contributed by atoms with Gasteiger partial charge < -0.3 is 15.4 Å². The lowest BCUT2D eigenvalue weighted by molar-refractivity contribution is -0.123. The number of nitrogens with one attached hydrogen (secondary N) is 2. The van der Waals surface area contributed by atoms with Crippen LogP contribution in [0.4, 0.5) is 0 Å². The molecule has 0 saturated heterocycles. The van der Waals surface area contributed by atoms with Gasteiger partial charge in [0.1, 0.15) is 6.04 Å². The van der Waals surface area contributed by atoms with E-state index in [4.69, 9.17) is 4.74 Å². The maximum Gasteiger partial charge on any atom is 0.241 e. The zero-order valence-corrected chi connectivity index (χ0v) is 13.7. The van der Waals surface area contributed by atoms with Crippen molar-refractivity contribution in [1.29, 1.82) is 0 Å². The van der Waals surface area contributed by atoms with Crippen LogP contribution in [0.2, 0.25) is 0 Å². The van der Waals surface area contributed by atoms with Crippen LogP contribution < -0.4 is 10.6 Å². The number of aromatic nitrogens is 2. The van der Waals surface area contributed by atoms with Crippen LogP contribution in [0.25, 0.3) is 0 Å². The first-order chi connectivity index (χ1) is 10.7. The Balaban J connectivity index is 1.70. The Morgan fingerprint density at radius 2 is 2.14 bits per heavy atom. The summed E-state index contributed by atoms with van der Waals surface area (Å²) in [7, 11) is 3.62. The SMILES string of the molecule is CNC(C(=O)NCCOC1CCCCCC1)c1cnn(C)c1. The summed E-state index contributed by atoms with van der Waals surface area (Å²) in [4.78, 5) is 12.2. The van der Waals surface area contributed by atoms with Crippen molar-refractivity contribution >= 4 is 5.91 Å². The highest BCUT2D eigenvalue weighted by Gasteiger charge is 2.19. The predicted octanol–water partition coefficient (Wildman–Crippen LogP) is 1.54. The lowest BCUT2D eigenvalue weighted by atomic mass is 10.1. The van der Waals surface area contributed by atoms with Gasteiger partial charge in [0.05, 0.1) is 18.9 Å². The van der Waals surface area contributed by atoms with Gasteiger partial charge in [-0.15, -0.1) is 0 Å². The highest BCUT2D eigenvalue weighted by molar-refractivity contribution is 5.82. The molecule has 1 heterocycles. The van der Waals surface area contributed by atoms with E-state index in [9.17, 15) is 4.79 Å². The summed E-state index contributed by atoms with van der Waals surface area (Å²) in [6.45, 7) is 1.13. The Hall–Kier alpha value is -1.40. The van der Waals surface area contributed by atoms with E-state index in [-0.39, 0.29) is 11.9 Å². The van der Waals surface area contributed by atoms with Gasteiger partial charge in [-0.05, 0) is 19.9 Å². The van der Waals surface area contributed by atoms with Gasteiger partial charge in [0.2, 0.25) is 5.91 Å². The molecule has 6 heteroatoms. The molecular weight excluding hydrogens is 280 g/mol. The Kier molecular flexibility index (Phi) is 6.86. The summed E-state index contributed by atoms with van der Waals surface area (Å²) in [6, 6.07) is -0.369. The van der Waals surface area contributed by atoms with E-state index in [1.54, 1.807) is 17.9 Å². The minimum absolute atomic E-state index is 0.0417. The molecule has 1 amide bonds. The Morgan fingerprint density at radius 1 is 1.41 bits per heavy atom. The van der Waals surface area contributed by atoms with Crippen LogP contribution in [-0.4, -0.2) is 42.0 Å². The molecule has 0 radical (unpaired) electrons. The van der Waals surface area contributed by atoms with Gasteiger partial charge in [-0.3, -0.25) is 9.48 Å². The van der Waals surface area contributed by atoms with E-state index < -0.39 is 0 Å². The summed E-state index contributed by atoms with van der Waals surface area (Å²) >= 11 is 0. The van der Waals surface area contributed by atoms with E-state index in [0.29, 0.717) is 19.3 Å². The molecule has 0 aromatic carbocycles. The minimum atomic E-state index is -0.369. The number of hydrogen-bond acceptors (Lipinski definition) is 4.